The van der Waals surface area contributed by atoms with Gasteiger partial charge in [0.2, 0.25) is 5.91 Å². The third-order valence-electron chi connectivity index (χ3n) is 5.56. The Morgan fingerprint density at radius 1 is 1.31 bits per heavy atom. The van der Waals surface area contributed by atoms with Crippen molar-refractivity contribution in [3.8, 4) is 5.75 Å². The largest absolute Gasteiger partial charge is 0.497 e. The fourth-order valence-corrected chi connectivity index (χ4v) is 3.78. The zero-order valence-electron chi connectivity index (χ0n) is 14.8. The fraction of sp³-hybridized carbons (Fsp3) is 0.450. The molecule has 6 nitrogen and oxygen atoms in total. The van der Waals surface area contributed by atoms with Gasteiger partial charge in [0.05, 0.1) is 38.9 Å². The third-order valence-corrected chi connectivity index (χ3v) is 5.56. The highest BCUT2D eigenvalue weighted by atomic mass is 16.5. The third kappa shape index (κ3) is 2.56. The SMILES string of the molecule is COc1ccc(CC(=O)N2CC3(C2)OCc2nc(C4CC4)ncc23)cc1. The second kappa shape index (κ2) is 5.77. The minimum absolute atomic E-state index is 0.119. The van der Waals surface area contributed by atoms with Crippen LogP contribution in [0.4, 0.5) is 0 Å². The van der Waals surface area contributed by atoms with Gasteiger partial charge in [0.15, 0.2) is 0 Å². The fourth-order valence-electron chi connectivity index (χ4n) is 3.78. The van der Waals surface area contributed by atoms with Crippen molar-refractivity contribution in [3.63, 3.8) is 0 Å². The number of aromatic nitrogens is 2. The van der Waals surface area contributed by atoms with Crippen LogP contribution in [-0.2, 0) is 28.2 Å². The van der Waals surface area contributed by atoms with Crippen molar-refractivity contribution in [3.05, 3.63) is 53.1 Å². The van der Waals surface area contributed by atoms with E-state index >= 15 is 0 Å². The van der Waals surface area contributed by atoms with Crippen molar-refractivity contribution in [2.24, 2.45) is 0 Å². The van der Waals surface area contributed by atoms with Crippen LogP contribution in [0.5, 0.6) is 5.75 Å². The molecule has 0 N–H and O–H groups in total. The Bertz CT molecular complexity index is 855. The number of amides is 1. The maximum Gasteiger partial charge on any atom is 0.227 e. The smallest absolute Gasteiger partial charge is 0.227 e. The summed E-state index contributed by atoms with van der Waals surface area (Å²) in [5.41, 5.74) is 2.66. The summed E-state index contributed by atoms with van der Waals surface area (Å²) < 4.78 is 11.2. The average Bonchev–Trinajstić information content (AvgIpc) is 3.41. The second-order valence-electron chi connectivity index (χ2n) is 7.42. The summed E-state index contributed by atoms with van der Waals surface area (Å²) in [4.78, 5) is 23.6. The van der Waals surface area contributed by atoms with Gasteiger partial charge in [0.1, 0.15) is 17.2 Å². The van der Waals surface area contributed by atoms with Crippen molar-refractivity contribution >= 4 is 5.91 Å². The molecule has 1 saturated heterocycles. The molecule has 1 aliphatic carbocycles. The van der Waals surface area contributed by atoms with Crippen LogP contribution in [0.3, 0.4) is 0 Å². The van der Waals surface area contributed by atoms with E-state index < -0.39 is 5.60 Å². The standard InChI is InChI=1S/C20H21N3O3/c1-25-15-6-2-13(3-7-15)8-18(24)23-11-20(12-23)16-9-21-19(14-4-5-14)22-17(16)10-26-20/h2-3,6-7,9,14H,4-5,8,10-12H2,1H3. The lowest BCUT2D eigenvalue weighted by Gasteiger charge is -2.47. The molecular weight excluding hydrogens is 330 g/mol. The number of rotatable bonds is 4. The number of hydrogen-bond acceptors (Lipinski definition) is 5. The summed E-state index contributed by atoms with van der Waals surface area (Å²) in [6.07, 6.45) is 4.70. The molecule has 2 fully saturated rings. The van der Waals surface area contributed by atoms with Gasteiger partial charge in [0.25, 0.3) is 0 Å². The van der Waals surface area contributed by atoms with Crippen LogP contribution in [0.2, 0.25) is 0 Å². The normalized spacial score (nSPS) is 20.0. The maximum atomic E-state index is 12.6. The lowest BCUT2D eigenvalue weighted by atomic mass is 9.87. The van der Waals surface area contributed by atoms with Crippen LogP contribution in [0.25, 0.3) is 0 Å². The Hall–Kier alpha value is -2.47. The van der Waals surface area contributed by atoms with Gasteiger partial charge < -0.3 is 14.4 Å². The van der Waals surface area contributed by atoms with E-state index in [9.17, 15) is 4.79 Å². The molecule has 2 aromatic rings. The molecule has 0 unspecified atom stereocenters. The first kappa shape index (κ1) is 15.8. The van der Waals surface area contributed by atoms with E-state index in [0.717, 1.165) is 28.4 Å². The highest BCUT2D eigenvalue weighted by Gasteiger charge is 2.52. The molecule has 1 aromatic heterocycles. The molecule has 0 atom stereocenters. The molecule has 1 spiro atoms. The van der Waals surface area contributed by atoms with Crippen LogP contribution in [0.15, 0.2) is 30.5 Å². The van der Waals surface area contributed by atoms with E-state index in [2.05, 4.69) is 4.98 Å². The predicted octanol–water partition coefficient (Wildman–Crippen LogP) is 2.17. The first-order valence-corrected chi connectivity index (χ1v) is 9.08. The van der Waals surface area contributed by atoms with Crippen molar-refractivity contribution in [2.45, 2.75) is 37.4 Å². The Kier molecular flexibility index (Phi) is 3.50. The molecule has 2 aliphatic heterocycles. The summed E-state index contributed by atoms with van der Waals surface area (Å²) in [5, 5.41) is 0. The van der Waals surface area contributed by atoms with Crippen molar-refractivity contribution in [2.75, 3.05) is 20.2 Å². The number of carbonyl (C=O) groups excluding carboxylic acids is 1. The molecule has 1 amide bonds. The van der Waals surface area contributed by atoms with Gasteiger partial charge in [-0.1, -0.05) is 12.1 Å². The summed E-state index contributed by atoms with van der Waals surface area (Å²) in [6.45, 7) is 1.69. The summed E-state index contributed by atoms with van der Waals surface area (Å²) >= 11 is 0. The topological polar surface area (TPSA) is 64.5 Å². The van der Waals surface area contributed by atoms with Gasteiger partial charge in [-0.3, -0.25) is 4.79 Å². The number of carbonyl (C=O) groups is 1. The van der Waals surface area contributed by atoms with Gasteiger partial charge in [-0.2, -0.15) is 0 Å². The van der Waals surface area contributed by atoms with Crippen molar-refractivity contribution in [1.82, 2.24) is 14.9 Å². The molecule has 6 heteroatoms. The van der Waals surface area contributed by atoms with Crippen LogP contribution >= 0.6 is 0 Å². The van der Waals surface area contributed by atoms with Crippen molar-refractivity contribution in [1.29, 1.82) is 0 Å². The van der Waals surface area contributed by atoms with E-state index in [4.69, 9.17) is 14.5 Å². The molecule has 3 heterocycles. The number of nitrogens with zero attached hydrogens (tertiary/aromatic N) is 3. The minimum Gasteiger partial charge on any atom is -0.497 e. The Balaban J connectivity index is 1.25. The lowest BCUT2D eigenvalue weighted by molar-refractivity contribution is -0.168. The number of ether oxygens (including phenoxy) is 2. The van der Waals surface area contributed by atoms with Crippen LogP contribution in [-0.4, -0.2) is 41.0 Å². The molecule has 3 aliphatic rings. The van der Waals surface area contributed by atoms with Gasteiger partial charge >= 0.3 is 0 Å². The van der Waals surface area contributed by atoms with Gasteiger partial charge in [-0.15, -0.1) is 0 Å². The Labute approximate surface area is 152 Å². The quantitative estimate of drug-likeness (QED) is 0.845. The number of methoxy groups -OCH3 is 1. The lowest BCUT2D eigenvalue weighted by Crippen LogP contribution is -2.61. The molecular formula is C20H21N3O3. The minimum atomic E-state index is -0.396. The van der Waals surface area contributed by atoms with Gasteiger partial charge in [0, 0.05) is 17.7 Å². The highest BCUT2D eigenvalue weighted by molar-refractivity contribution is 5.80. The molecule has 0 radical (unpaired) electrons. The number of benzene rings is 1. The molecule has 134 valence electrons. The molecule has 26 heavy (non-hydrogen) atoms. The first-order chi connectivity index (χ1) is 12.7. The summed E-state index contributed by atoms with van der Waals surface area (Å²) in [5.74, 6) is 2.41. The van der Waals surface area contributed by atoms with Crippen LogP contribution in [0.1, 0.15) is 41.4 Å². The first-order valence-electron chi connectivity index (χ1n) is 9.08. The van der Waals surface area contributed by atoms with Crippen molar-refractivity contribution < 1.29 is 14.3 Å². The molecule has 1 aromatic carbocycles. The second-order valence-corrected chi connectivity index (χ2v) is 7.42. The summed E-state index contributed by atoms with van der Waals surface area (Å²) in [6, 6.07) is 7.62. The average molecular weight is 351 g/mol. The Morgan fingerprint density at radius 2 is 2.08 bits per heavy atom. The van der Waals surface area contributed by atoms with E-state index in [1.54, 1.807) is 7.11 Å². The van der Waals surface area contributed by atoms with Crippen LogP contribution in [0, 0.1) is 0 Å². The molecule has 1 saturated carbocycles. The molecule has 5 rings (SSSR count). The van der Waals surface area contributed by atoms with E-state index in [-0.39, 0.29) is 5.91 Å². The van der Waals surface area contributed by atoms with Gasteiger partial charge in [-0.25, -0.2) is 9.97 Å². The van der Waals surface area contributed by atoms with Crippen LogP contribution < -0.4 is 4.74 Å². The monoisotopic (exact) mass is 351 g/mol. The zero-order valence-corrected chi connectivity index (χ0v) is 14.8. The number of hydrogen-bond donors (Lipinski definition) is 0. The maximum absolute atomic E-state index is 12.6. The molecule has 0 bridgehead atoms. The predicted molar refractivity (Wildman–Crippen MR) is 93.8 cm³/mol. The van der Waals surface area contributed by atoms with E-state index in [1.165, 1.54) is 12.8 Å². The zero-order chi connectivity index (χ0) is 17.7. The summed E-state index contributed by atoms with van der Waals surface area (Å²) in [7, 11) is 1.64. The number of fused-ring (bicyclic) bond motifs is 2. The highest BCUT2D eigenvalue weighted by Crippen LogP contribution is 2.44. The van der Waals surface area contributed by atoms with E-state index in [0.29, 0.717) is 32.0 Å². The van der Waals surface area contributed by atoms with Gasteiger partial charge in [-0.05, 0) is 30.5 Å². The van der Waals surface area contributed by atoms with E-state index in [1.807, 2.05) is 35.4 Å². The Morgan fingerprint density at radius 3 is 2.77 bits per heavy atom. The number of likely N-dealkylation sites (tertiary alicyclic amines) is 1.